The predicted octanol–water partition coefficient (Wildman–Crippen LogP) is 5.41. The maximum Gasteiger partial charge on any atom is 0.221 e. The molecule has 0 heterocycles. The SMILES string of the molecule is CC(=O)Nc1ccc(C(=O)c2ccc(Cl)cc2)cc1C(=O)c1cccc(Cl)c1. The molecule has 0 bridgehead atoms. The molecule has 0 saturated heterocycles. The van der Waals surface area contributed by atoms with Crippen molar-refractivity contribution >= 4 is 46.4 Å². The number of benzene rings is 3. The molecule has 140 valence electrons. The standard InChI is InChI=1S/C22H15Cl2NO3/c1-13(26)25-20-10-7-16(21(27)14-5-8-17(23)9-6-14)12-19(20)22(28)15-3-2-4-18(24)11-15/h2-12H,1H3,(H,25,26). The lowest BCUT2D eigenvalue weighted by molar-refractivity contribution is -0.114. The van der Waals surface area contributed by atoms with Crippen LogP contribution in [-0.2, 0) is 4.79 Å². The van der Waals surface area contributed by atoms with Crippen molar-refractivity contribution in [3.63, 3.8) is 0 Å². The summed E-state index contributed by atoms with van der Waals surface area (Å²) in [6.45, 7) is 1.35. The highest BCUT2D eigenvalue weighted by molar-refractivity contribution is 6.31. The van der Waals surface area contributed by atoms with E-state index in [0.717, 1.165) is 0 Å². The lowest BCUT2D eigenvalue weighted by Gasteiger charge is -2.12. The van der Waals surface area contributed by atoms with E-state index in [9.17, 15) is 14.4 Å². The number of carbonyl (C=O) groups excluding carboxylic acids is 3. The van der Waals surface area contributed by atoms with Crippen LogP contribution in [-0.4, -0.2) is 17.5 Å². The van der Waals surface area contributed by atoms with Gasteiger partial charge in [0.15, 0.2) is 11.6 Å². The number of ketones is 2. The van der Waals surface area contributed by atoms with Crippen molar-refractivity contribution in [2.24, 2.45) is 0 Å². The Balaban J connectivity index is 2.06. The molecule has 28 heavy (non-hydrogen) atoms. The lowest BCUT2D eigenvalue weighted by atomic mass is 9.96. The molecule has 3 rings (SSSR count). The number of halogens is 2. The van der Waals surface area contributed by atoms with Crippen LogP contribution in [0, 0.1) is 0 Å². The predicted molar refractivity (Wildman–Crippen MR) is 111 cm³/mol. The largest absolute Gasteiger partial charge is 0.326 e. The molecule has 0 radical (unpaired) electrons. The van der Waals surface area contributed by atoms with Crippen molar-refractivity contribution < 1.29 is 14.4 Å². The van der Waals surface area contributed by atoms with E-state index in [-0.39, 0.29) is 23.0 Å². The summed E-state index contributed by atoms with van der Waals surface area (Å²) in [7, 11) is 0. The van der Waals surface area contributed by atoms with Gasteiger partial charge in [-0.3, -0.25) is 14.4 Å². The third-order valence-electron chi connectivity index (χ3n) is 4.03. The Morgan fingerprint density at radius 2 is 1.36 bits per heavy atom. The fourth-order valence-corrected chi connectivity index (χ4v) is 3.04. The van der Waals surface area contributed by atoms with E-state index in [0.29, 0.717) is 32.4 Å². The molecule has 0 aromatic heterocycles. The van der Waals surface area contributed by atoms with Gasteiger partial charge in [0.2, 0.25) is 5.91 Å². The second-order valence-corrected chi connectivity index (χ2v) is 6.99. The number of nitrogens with one attached hydrogen (secondary N) is 1. The highest BCUT2D eigenvalue weighted by Gasteiger charge is 2.18. The molecular formula is C22H15Cl2NO3. The van der Waals surface area contributed by atoms with E-state index in [1.54, 1.807) is 54.6 Å². The molecule has 0 spiro atoms. The van der Waals surface area contributed by atoms with Gasteiger partial charge in [0.05, 0.1) is 5.69 Å². The van der Waals surface area contributed by atoms with Gasteiger partial charge in [-0.2, -0.15) is 0 Å². The molecule has 4 nitrogen and oxygen atoms in total. The number of hydrogen-bond acceptors (Lipinski definition) is 3. The molecule has 0 unspecified atom stereocenters. The van der Waals surface area contributed by atoms with Gasteiger partial charge in [-0.15, -0.1) is 0 Å². The van der Waals surface area contributed by atoms with Gasteiger partial charge in [-0.1, -0.05) is 35.3 Å². The van der Waals surface area contributed by atoms with Crippen LogP contribution < -0.4 is 5.32 Å². The van der Waals surface area contributed by atoms with Gasteiger partial charge in [0, 0.05) is 39.2 Å². The smallest absolute Gasteiger partial charge is 0.221 e. The minimum Gasteiger partial charge on any atom is -0.326 e. The summed E-state index contributed by atoms with van der Waals surface area (Å²) < 4.78 is 0. The minimum absolute atomic E-state index is 0.206. The number of rotatable bonds is 5. The van der Waals surface area contributed by atoms with E-state index >= 15 is 0 Å². The Labute approximate surface area is 172 Å². The monoisotopic (exact) mass is 411 g/mol. The average molecular weight is 412 g/mol. The number of carbonyl (C=O) groups is 3. The molecule has 1 amide bonds. The normalized spacial score (nSPS) is 10.4. The van der Waals surface area contributed by atoms with Crippen molar-refractivity contribution in [1.29, 1.82) is 0 Å². The van der Waals surface area contributed by atoms with Crippen molar-refractivity contribution in [2.45, 2.75) is 6.92 Å². The Morgan fingerprint density at radius 3 is 2.00 bits per heavy atom. The van der Waals surface area contributed by atoms with Gasteiger partial charge in [-0.25, -0.2) is 0 Å². The minimum atomic E-state index is -0.350. The Morgan fingerprint density at radius 1 is 0.714 bits per heavy atom. The third kappa shape index (κ3) is 4.47. The highest BCUT2D eigenvalue weighted by Crippen LogP contribution is 2.24. The maximum absolute atomic E-state index is 13.0. The second kappa shape index (κ2) is 8.38. The molecule has 0 aliphatic heterocycles. The van der Waals surface area contributed by atoms with Crippen LogP contribution in [0.1, 0.15) is 38.8 Å². The topological polar surface area (TPSA) is 63.2 Å². The first-order valence-corrected chi connectivity index (χ1v) is 9.13. The Bertz CT molecular complexity index is 1080. The maximum atomic E-state index is 13.0. The van der Waals surface area contributed by atoms with E-state index in [4.69, 9.17) is 23.2 Å². The van der Waals surface area contributed by atoms with Crippen LogP contribution in [0.5, 0.6) is 0 Å². The molecule has 0 fully saturated rings. The molecule has 1 N–H and O–H groups in total. The molecule has 3 aromatic rings. The molecule has 0 aliphatic carbocycles. The molecular weight excluding hydrogens is 397 g/mol. The number of amides is 1. The second-order valence-electron chi connectivity index (χ2n) is 6.12. The molecule has 3 aromatic carbocycles. The Hall–Kier alpha value is -2.95. The van der Waals surface area contributed by atoms with Crippen LogP contribution in [0.25, 0.3) is 0 Å². The van der Waals surface area contributed by atoms with E-state index in [1.807, 2.05) is 0 Å². The molecule has 0 aliphatic rings. The molecule has 6 heteroatoms. The van der Waals surface area contributed by atoms with Gasteiger partial charge in [0.25, 0.3) is 0 Å². The van der Waals surface area contributed by atoms with Gasteiger partial charge >= 0.3 is 0 Å². The summed E-state index contributed by atoms with van der Waals surface area (Å²) in [6, 6.07) is 17.6. The summed E-state index contributed by atoms with van der Waals surface area (Å²) in [4.78, 5) is 37.3. The quantitative estimate of drug-likeness (QED) is 0.570. The zero-order valence-corrected chi connectivity index (χ0v) is 16.3. The fraction of sp³-hybridized carbons (Fsp3) is 0.0455. The van der Waals surface area contributed by atoms with Gasteiger partial charge in [-0.05, 0) is 54.6 Å². The molecule has 0 saturated carbocycles. The van der Waals surface area contributed by atoms with Crippen molar-refractivity contribution in [2.75, 3.05) is 5.32 Å². The first-order valence-electron chi connectivity index (χ1n) is 8.37. The van der Waals surface area contributed by atoms with Crippen molar-refractivity contribution in [1.82, 2.24) is 0 Å². The van der Waals surface area contributed by atoms with Crippen molar-refractivity contribution in [3.05, 3.63) is 99.0 Å². The first kappa shape index (κ1) is 19.8. The van der Waals surface area contributed by atoms with Gasteiger partial charge in [0.1, 0.15) is 0 Å². The molecule has 0 atom stereocenters. The lowest BCUT2D eigenvalue weighted by Crippen LogP contribution is -2.13. The van der Waals surface area contributed by atoms with E-state index in [2.05, 4.69) is 5.32 Å². The summed E-state index contributed by atoms with van der Waals surface area (Å²) in [6.07, 6.45) is 0. The fourth-order valence-electron chi connectivity index (χ4n) is 2.73. The van der Waals surface area contributed by atoms with E-state index < -0.39 is 0 Å². The number of hydrogen-bond donors (Lipinski definition) is 1. The number of anilines is 1. The summed E-state index contributed by atoms with van der Waals surface area (Å²) in [5.74, 6) is -0.930. The van der Waals surface area contributed by atoms with E-state index in [1.165, 1.54) is 19.1 Å². The Kier molecular flexibility index (Phi) is 5.93. The zero-order chi connectivity index (χ0) is 20.3. The third-order valence-corrected chi connectivity index (χ3v) is 4.52. The van der Waals surface area contributed by atoms with Crippen LogP contribution in [0.3, 0.4) is 0 Å². The summed E-state index contributed by atoms with van der Waals surface area (Å²) >= 11 is 11.9. The van der Waals surface area contributed by atoms with Crippen LogP contribution in [0.15, 0.2) is 66.7 Å². The summed E-state index contributed by atoms with van der Waals surface area (Å²) in [5, 5.41) is 3.57. The van der Waals surface area contributed by atoms with Crippen LogP contribution in [0.4, 0.5) is 5.69 Å². The summed E-state index contributed by atoms with van der Waals surface area (Å²) in [5.41, 5.74) is 1.65. The van der Waals surface area contributed by atoms with Crippen molar-refractivity contribution in [3.8, 4) is 0 Å². The average Bonchev–Trinajstić information content (AvgIpc) is 2.67. The zero-order valence-electron chi connectivity index (χ0n) is 14.8. The first-order chi connectivity index (χ1) is 13.3. The van der Waals surface area contributed by atoms with Gasteiger partial charge < -0.3 is 5.32 Å². The van der Waals surface area contributed by atoms with Crippen LogP contribution >= 0.6 is 23.2 Å². The van der Waals surface area contributed by atoms with Crippen LogP contribution in [0.2, 0.25) is 10.0 Å². The highest BCUT2D eigenvalue weighted by atomic mass is 35.5.